The molecular formula is C16H28O. The molecule has 0 heterocycles. The summed E-state index contributed by atoms with van der Waals surface area (Å²) in [6.45, 7) is 11.0. The summed E-state index contributed by atoms with van der Waals surface area (Å²) in [5, 5.41) is 8.83. The second-order valence-electron chi connectivity index (χ2n) is 5.26. The summed E-state index contributed by atoms with van der Waals surface area (Å²) in [4.78, 5) is 0. The molecule has 0 fully saturated rings. The van der Waals surface area contributed by atoms with Crippen LogP contribution in [0.5, 0.6) is 0 Å². The summed E-state index contributed by atoms with van der Waals surface area (Å²) in [5.74, 6) is 0.725. The number of aliphatic hydroxyl groups is 1. The Morgan fingerprint density at radius 2 is 1.82 bits per heavy atom. The van der Waals surface area contributed by atoms with Crippen molar-refractivity contribution in [3.8, 4) is 0 Å². The lowest BCUT2D eigenvalue weighted by Crippen LogP contribution is -1.94. The maximum Gasteiger partial charge on any atom is 0.0642 e. The molecule has 0 aromatic carbocycles. The fraction of sp³-hybridized carbons (Fsp3) is 0.625. The fourth-order valence-corrected chi connectivity index (χ4v) is 1.43. The van der Waals surface area contributed by atoms with Gasteiger partial charge in [0.25, 0.3) is 0 Å². The van der Waals surface area contributed by atoms with Gasteiger partial charge in [-0.25, -0.2) is 0 Å². The van der Waals surface area contributed by atoms with Crippen molar-refractivity contribution >= 4 is 0 Å². The molecular weight excluding hydrogens is 208 g/mol. The Morgan fingerprint density at radius 3 is 2.35 bits per heavy atom. The van der Waals surface area contributed by atoms with E-state index in [1.807, 2.05) is 13.0 Å². The Bertz CT molecular complexity index is 291. The van der Waals surface area contributed by atoms with Crippen molar-refractivity contribution in [2.24, 2.45) is 5.92 Å². The van der Waals surface area contributed by atoms with Crippen LogP contribution in [0.2, 0.25) is 0 Å². The van der Waals surface area contributed by atoms with Gasteiger partial charge in [0.15, 0.2) is 0 Å². The first-order chi connectivity index (χ1) is 7.97. The van der Waals surface area contributed by atoms with Crippen molar-refractivity contribution in [1.29, 1.82) is 0 Å². The van der Waals surface area contributed by atoms with Gasteiger partial charge in [0, 0.05) is 0 Å². The summed E-state index contributed by atoms with van der Waals surface area (Å²) >= 11 is 0. The molecule has 1 nitrogen and oxygen atoms in total. The molecule has 0 aromatic heterocycles. The summed E-state index contributed by atoms with van der Waals surface area (Å²) < 4.78 is 0. The van der Waals surface area contributed by atoms with Crippen LogP contribution in [0, 0.1) is 5.92 Å². The molecule has 0 amide bonds. The quantitative estimate of drug-likeness (QED) is 0.504. The number of hydrogen-bond donors (Lipinski definition) is 1. The standard InChI is InChI=1S/C16H28O/c1-13(2)16(5)11-10-14(3)8-6-7-9-15(4)12-17/h6-7,9,14,17H,8,10-12H2,1-5H3/b7-6+,15-9+. The van der Waals surface area contributed by atoms with Crippen LogP contribution in [0.25, 0.3) is 0 Å². The largest absolute Gasteiger partial charge is 0.392 e. The first kappa shape index (κ1) is 16.2. The van der Waals surface area contributed by atoms with Crippen LogP contribution in [0.3, 0.4) is 0 Å². The van der Waals surface area contributed by atoms with E-state index in [9.17, 15) is 0 Å². The smallest absolute Gasteiger partial charge is 0.0642 e. The Hall–Kier alpha value is -0.820. The maximum absolute atomic E-state index is 8.83. The van der Waals surface area contributed by atoms with E-state index in [1.165, 1.54) is 24.0 Å². The van der Waals surface area contributed by atoms with E-state index in [2.05, 4.69) is 39.8 Å². The minimum absolute atomic E-state index is 0.152. The van der Waals surface area contributed by atoms with Gasteiger partial charge in [-0.1, -0.05) is 36.3 Å². The number of hydrogen-bond acceptors (Lipinski definition) is 1. The number of allylic oxidation sites excluding steroid dienone is 5. The third kappa shape index (κ3) is 8.93. The molecule has 0 rings (SSSR count). The summed E-state index contributed by atoms with van der Waals surface area (Å²) in [7, 11) is 0. The van der Waals surface area contributed by atoms with Crippen LogP contribution >= 0.6 is 0 Å². The highest BCUT2D eigenvalue weighted by Crippen LogP contribution is 2.17. The van der Waals surface area contributed by atoms with E-state index in [0.717, 1.165) is 17.9 Å². The fourth-order valence-electron chi connectivity index (χ4n) is 1.43. The Morgan fingerprint density at radius 1 is 1.18 bits per heavy atom. The molecule has 0 spiro atoms. The van der Waals surface area contributed by atoms with Crippen molar-refractivity contribution in [2.75, 3.05) is 6.61 Å². The molecule has 98 valence electrons. The average Bonchev–Trinajstić information content (AvgIpc) is 2.30. The molecule has 0 aliphatic rings. The molecule has 0 radical (unpaired) electrons. The SMILES string of the molecule is CC(C)=C(C)CCC(C)C/C=C/C=C(\C)CO. The zero-order chi connectivity index (χ0) is 13.3. The molecule has 0 aliphatic carbocycles. The molecule has 1 N–H and O–H groups in total. The molecule has 1 unspecified atom stereocenters. The lowest BCUT2D eigenvalue weighted by Gasteiger charge is -2.09. The van der Waals surface area contributed by atoms with E-state index in [4.69, 9.17) is 5.11 Å². The minimum Gasteiger partial charge on any atom is -0.392 e. The normalized spacial score (nSPS) is 14.1. The highest BCUT2D eigenvalue weighted by Gasteiger charge is 2.00. The predicted molar refractivity (Wildman–Crippen MR) is 77.0 cm³/mol. The van der Waals surface area contributed by atoms with Gasteiger partial charge >= 0.3 is 0 Å². The summed E-state index contributed by atoms with van der Waals surface area (Å²) in [6, 6.07) is 0. The highest BCUT2D eigenvalue weighted by atomic mass is 16.3. The monoisotopic (exact) mass is 236 g/mol. The molecule has 0 aromatic rings. The Balaban J connectivity index is 3.89. The molecule has 0 aliphatic heterocycles. The number of aliphatic hydroxyl groups excluding tert-OH is 1. The van der Waals surface area contributed by atoms with E-state index in [-0.39, 0.29) is 6.61 Å². The van der Waals surface area contributed by atoms with Crippen LogP contribution < -0.4 is 0 Å². The van der Waals surface area contributed by atoms with E-state index < -0.39 is 0 Å². The third-order valence-corrected chi connectivity index (χ3v) is 3.17. The van der Waals surface area contributed by atoms with Crippen LogP contribution in [0.15, 0.2) is 34.9 Å². The van der Waals surface area contributed by atoms with Gasteiger partial charge in [-0.15, -0.1) is 0 Å². The lowest BCUT2D eigenvalue weighted by atomic mass is 9.97. The van der Waals surface area contributed by atoms with Gasteiger partial charge in [0.2, 0.25) is 0 Å². The highest BCUT2D eigenvalue weighted by molar-refractivity contribution is 5.10. The van der Waals surface area contributed by atoms with Gasteiger partial charge in [0.05, 0.1) is 6.61 Å². The van der Waals surface area contributed by atoms with Crippen LogP contribution in [-0.4, -0.2) is 11.7 Å². The van der Waals surface area contributed by atoms with Gasteiger partial charge in [-0.3, -0.25) is 0 Å². The van der Waals surface area contributed by atoms with Crippen LogP contribution in [0.4, 0.5) is 0 Å². The van der Waals surface area contributed by atoms with Crippen molar-refractivity contribution in [3.63, 3.8) is 0 Å². The summed E-state index contributed by atoms with van der Waals surface area (Å²) in [5.41, 5.74) is 3.99. The number of rotatable bonds is 7. The van der Waals surface area contributed by atoms with Crippen LogP contribution in [-0.2, 0) is 0 Å². The topological polar surface area (TPSA) is 20.2 Å². The maximum atomic E-state index is 8.83. The van der Waals surface area contributed by atoms with E-state index in [0.29, 0.717) is 0 Å². The third-order valence-electron chi connectivity index (χ3n) is 3.17. The molecule has 1 atom stereocenters. The zero-order valence-electron chi connectivity index (χ0n) is 12.1. The Labute approximate surface area is 107 Å². The molecule has 0 bridgehead atoms. The van der Waals surface area contributed by atoms with Crippen LogP contribution in [0.1, 0.15) is 53.9 Å². The van der Waals surface area contributed by atoms with Crippen molar-refractivity contribution < 1.29 is 5.11 Å². The first-order valence-electron chi connectivity index (χ1n) is 6.53. The van der Waals surface area contributed by atoms with Gasteiger partial charge in [-0.05, 0) is 58.4 Å². The average molecular weight is 236 g/mol. The molecule has 0 saturated heterocycles. The van der Waals surface area contributed by atoms with Gasteiger partial charge < -0.3 is 5.11 Å². The second-order valence-corrected chi connectivity index (χ2v) is 5.26. The Kier molecular flexibility index (Phi) is 8.79. The molecule has 0 saturated carbocycles. The van der Waals surface area contributed by atoms with E-state index >= 15 is 0 Å². The molecule has 1 heteroatoms. The lowest BCUT2D eigenvalue weighted by molar-refractivity contribution is 0.331. The minimum atomic E-state index is 0.152. The summed E-state index contributed by atoms with van der Waals surface area (Å²) in [6.07, 6.45) is 9.81. The van der Waals surface area contributed by atoms with Crippen molar-refractivity contribution in [1.82, 2.24) is 0 Å². The first-order valence-corrected chi connectivity index (χ1v) is 6.53. The van der Waals surface area contributed by atoms with Gasteiger partial charge in [-0.2, -0.15) is 0 Å². The van der Waals surface area contributed by atoms with Crippen molar-refractivity contribution in [3.05, 3.63) is 34.9 Å². The zero-order valence-corrected chi connectivity index (χ0v) is 12.1. The second kappa shape index (κ2) is 9.23. The van der Waals surface area contributed by atoms with Gasteiger partial charge in [0.1, 0.15) is 0 Å². The van der Waals surface area contributed by atoms with Crippen molar-refractivity contribution in [2.45, 2.75) is 53.9 Å². The predicted octanol–water partition coefficient (Wildman–Crippen LogP) is 4.64. The molecule has 17 heavy (non-hydrogen) atoms. The van der Waals surface area contributed by atoms with E-state index in [1.54, 1.807) is 0 Å².